The fourth-order valence-electron chi connectivity index (χ4n) is 1.88. The van der Waals surface area contributed by atoms with Gasteiger partial charge in [0.15, 0.2) is 0 Å². The summed E-state index contributed by atoms with van der Waals surface area (Å²) in [5.74, 6) is -0.0788. The second kappa shape index (κ2) is 6.82. The first-order valence-electron chi connectivity index (χ1n) is 6.68. The Balaban J connectivity index is 1.92. The molecule has 0 radical (unpaired) electrons. The fourth-order valence-corrected chi connectivity index (χ4v) is 1.88. The number of hydrogen-bond donors (Lipinski definition) is 2. The van der Waals surface area contributed by atoms with Crippen LogP contribution in [-0.4, -0.2) is 17.4 Å². The molecule has 2 aromatic rings. The average Bonchev–Trinajstić information content (AvgIpc) is 2.47. The van der Waals surface area contributed by atoms with Crippen molar-refractivity contribution in [3.63, 3.8) is 0 Å². The normalized spacial score (nSPS) is 10.3. The van der Waals surface area contributed by atoms with Crippen LogP contribution < -0.4 is 11.1 Å². The molecule has 0 fully saturated rings. The number of carbonyl (C=O) groups is 1. The first-order valence-corrected chi connectivity index (χ1v) is 6.68. The van der Waals surface area contributed by atoms with Gasteiger partial charge >= 0.3 is 0 Å². The number of aryl methyl sites for hydroxylation is 1. The highest BCUT2D eigenvalue weighted by Crippen LogP contribution is 2.05. The van der Waals surface area contributed by atoms with Crippen molar-refractivity contribution in [2.24, 2.45) is 5.73 Å². The molecular weight excluding hydrogens is 250 g/mol. The van der Waals surface area contributed by atoms with Crippen LogP contribution in [0.15, 0.2) is 42.6 Å². The van der Waals surface area contributed by atoms with Gasteiger partial charge in [-0.2, -0.15) is 0 Å². The minimum Gasteiger partial charge on any atom is -0.348 e. The average molecular weight is 269 g/mol. The van der Waals surface area contributed by atoms with Crippen LogP contribution in [-0.2, 0) is 13.0 Å². The number of benzene rings is 1. The molecule has 4 nitrogen and oxygen atoms in total. The summed E-state index contributed by atoms with van der Waals surface area (Å²) in [6, 6.07) is 11.4. The molecule has 0 aliphatic heterocycles. The monoisotopic (exact) mass is 269 g/mol. The Hall–Kier alpha value is -2.20. The number of rotatable bonds is 5. The van der Waals surface area contributed by atoms with Gasteiger partial charge in [-0.05, 0) is 49.2 Å². The summed E-state index contributed by atoms with van der Waals surface area (Å²) in [6.07, 6.45) is 2.61. The van der Waals surface area contributed by atoms with Crippen LogP contribution in [0.25, 0.3) is 0 Å². The van der Waals surface area contributed by atoms with Crippen molar-refractivity contribution in [1.29, 1.82) is 0 Å². The van der Waals surface area contributed by atoms with E-state index in [1.165, 1.54) is 0 Å². The van der Waals surface area contributed by atoms with Crippen molar-refractivity contribution in [3.05, 3.63) is 65.0 Å². The zero-order chi connectivity index (χ0) is 14.4. The summed E-state index contributed by atoms with van der Waals surface area (Å²) < 4.78 is 0. The third-order valence-corrected chi connectivity index (χ3v) is 3.07. The lowest BCUT2D eigenvalue weighted by Gasteiger charge is -2.06. The molecule has 1 aromatic carbocycles. The highest BCUT2D eigenvalue weighted by Gasteiger charge is 2.05. The highest BCUT2D eigenvalue weighted by molar-refractivity contribution is 5.94. The Morgan fingerprint density at radius 1 is 1.15 bits per heavy atom. The molecule has 4 heteroatoms. The lowest BCUT2D eigenvalue weighted by Crippen LogP contribution is -2.22. The van der Waals surface area contributed by atoms with Gasteiger partial charge in [0.25, 0.3) is 5.91 Å². The lowest BCUT2D eigenvalue weighted by molar-refractivity contribution is 0.0951. The molecule has 0 aliphatic rings. The predicted molar refractivity (Wildman–Crippen MR) is 79.3 cm³/mol. The van der Waals surface area contributed by atoms with E-state index in [0.29, 0.717) is 18.7 Å². The minimum absolute atomic E-state index is 0.0788. The molecule has 0 unspecified atom stereocenters. The van der Waals surface area contributed by atoms with Gasteiger partial charge in [0.1, 0.15) is 0 Å². The van der Waals surface area contributed by atoms with Gasteiger partial charge < -0.3 is 11.1 Å². The number of pyridine rings is 1. The zero-order valence-corrected chi connectivity index (χ0v) is 11.6. The van der Waals surface area contributed by atoms with Crippen LogP contribution in [0.4, 0.5) is 0 Å². The van der Waals surface area contributed by atoms with Crippen LogP contribution in [0.2, 0.25) is 0 Å². The van der Waals surface area contributed by atoms with E-state index in [0.717, 1.165) is 23.2 Å². The zero-order valence-electron chi connectivity index (χ0n) is 11.6. The number of carbonyl (C=O) groups excluding carboxylic acids is 1. The Morgan fingerprint density at radius 2 is 1.85 bits per heavy atom. The third kappa shape index (κ3) is 3.90. The minimum atomic E-state index is -0.0788. The summed E-state index contributed by atoms with van der Waals surface area (Å²) in [6.45, 7) is 3.04. The second-order valence-electron chi connectivity index (χ2n) is 4.73. The Morgan fingerprint density at radius 3 is 2.45 bits per heavy atom. The second-order valence-corrected chi connectivity index (χ2v) is 4.73. The van der Waals surface area contributed by atoms with Crippen molar-refractivity contribution < 1.29 is 4.79 Å². The summed E-state index contributed by atoms with van der Waals surface area (Å²) in [5.41, 5.74) is 9.26. The van der Waals surface area contributed by atoms with E-state index in [1.54, 1.807) is 6.20 Å². The van der Waals surface area contributed by atoms with Crippen LogP contribution in [0.3, 0.4) is 0 Å². The van der Waals surface area contributed by atoms with Gasteiger partial charge in [0.2, 0.25) is 0 Å². The van der Waals surface area contributed by atoms with E-state index < -0.39 is 0 Å². The predicted octanol–water partition coefficient (Wildman–Crippen LogP) is 1.82. The molecule has 1 amide bonds. The summed E-state index contributed by atoms with van der Waals surface area (Å²) >= 11 is 0. The molecule has 3 N–H and O–H groups in total. The first-order chi connectivity index (χ1) is 9.69. The van der Waals surface area contributed by atoms with E-state index >= 15 is 0 Å². The molecule has 20 heavy (non-hydrogen) atoms. The van der Waals surface area contributed by atoms with Crippen molar-refractivity contribution in [2.75, 3.05) is 6.54 Å². The molecule has 0 aliphatic carbocycles. The largest absolute Gasteiger partial charge is 0.348 e. The summed E-state index contributed by atoms with van der Waals surface area (Å²) in [4.78, 5) is 16.2. The molecule has 0 saturated carbocycles. The van der Waals surface area contributed by atoms with E-state index in [-0.39, 0.29) is 5.91 Å². The van der Waals surface area contributed by atoms with Gasteiger partial charge in [-0.25, -0.2) is 0 Å². The van der Waals surface area contributed by atoms with Gasteiger partial charge in [0.05, 0.1) is 0 Å². The molecule has 1 heterocycles. The number of nitrogens with zero attached hydrogens (tertiary/aromatic N) is 1. The van der Waals surface area contributed by atoms with E-state index in [4.69, 9.17) is 5.73 Å². The molecular formula is C16H19N3O. The SMILES string of the molecule is Cc1ccc(CNC(=O)c2ccc(CCN)cc2)cn1. The van der Waals surface area contributed by atoms with Crippen LogP contribution >= 0.6 is 0 Å². The highest BCUT2D eigenvalue weighted by atomic mass is 16.1. The molecule has 2 rings (SSSR count). The molecule has 104 valence electrons. The Bertz CT molecular complexity index is 561. The van der Waals surface area contributed by atoms with Gasteiger partial charge in [-0.15, -0.1) is 0 Å². The number of nitrogens with two attached hydrogens (primary N) is 1. The quantitative estimate of drug-likeness (QED) is 0.870. The maximum Gasteiger partial charge on any atom is 0.251 e. The fraction of sp³-hybridized carbons (Fsp3) is 0.250. The summed E-state index contributed by atoms with van der Waals surface area (Å²) in [7, 11) is 0. The molecule has 0 spiro atoms. The molecule has 0 bridgehead atoms. The van der Waals surface area contributed by atoms with Crippen LogP contribution in [0.1, 0.15) is 27.2 Å². The first kappa shape index (κ1) is 14.2. The number of hydrogen-bond acceptors (Lipinski definition) is 3. The van der Waals surface area contributed by atoms with Gasteiger partial charge in [-0.1, -0.05) is 18.2 Å². The lowest BCUT2D eigenvalue weighted by atomic mass is 10.1. The smallest absolute Gasteiger partial charge is 0.251 e. The van der Waals surface area contributed by atoms with Crippen LogP contribution in [0.5, 0.6) is 0 Å². The van der Waals surface area contributed by atoms with Gasteiger partial charge in [0, 0.05) is 24.0 Å². The molecule has 1 aromatic heterocycles. The van der Waals surface area contributed by atoms with Crippen molar-refractivity contribution >= 4 is 5.91 Å². The van der Waals surface area contributed by atoms with Crippen molar-refractivity contribution in [2.45, 2.75) is 19.9 Å². The molecule has 0 saturated heterocycles. The van der Waals surface area contributed by atoms with Crippen LogP contribution in [0, 0.1) is 6.92 Å². The Labute approximate surface area is 119 Å². The van der Waals surface area contributed by atoms with Gasteiger partial charge in [-0.3, -0.25) is 9.78 Å². The van der Waals surface area contributed by atoms with Crippen molar-refractivity contribution in [3.8, 4) is 0 Å². The number of aromatic nitrogens is 1. The van der Waals surface area contributed by atoms with E-state index in [1.807, 2.05) is 43.3 Å². The summed E-state index contributed by atoms with van der Waals surface area (Å²) in [5, 5.41) is 2.88. The standard InChI is InChI=1S/C16H19N3O/c1-12-2-3-14(10-18-12)11-19-16(20)15-6-4-13(5-7-15)8-9-17/h2-7,10H,8-9,11,17H2,1H3,(H,19,20). The Kier molecular flexibility index (Phi) is 4.85. The third-order valence-electron chi connectivity index (χ3n) is 3.07. The number of nitrogens with one attached hydrogen (secondary N) is 1. The number of amides is 1. The van der Waals surface area contributed by atoms with Crippen molar-refractivity contribution in [1.82, 2.24) is 10.3 Å². The molecule has 0 atom stereocenters. The van der Waals surface area contributed by atoms with E-state index in [2.05, 4.69) is 10.3 Å². The van der Waals surface area contributed by atoms with E-state index in [9.17, 15) is 4.79 Å². The maximum atomic E-state index is 12.0. The topological polar surface area (TPSA) is 68.0 Å². The maximum absolute atomic E-state index is 12.0.